The molecule has 5 heteroatoms. The molecule has 0 fully saturated rings. The molecule has 30 heavy (non-hydrogen) atoms. The number of nitrogens with zero attached hydrogens (tertiary/aromatic N) is 1. The second-order valence-electron chi connectivity index (χ2n) is 6.86. The number of carbonyl (C=O) groups is 1. The number of aromatic nitrogens is 1. The Morgan fingerprint density at radius 3 is 2.43 bits per heavy atom. The Balaban J connectivity index is 1.85. The van der Waals surface area contributed by atoms with Crippen molar-refractivity contribution in [2.45, 2.75) is 32.7 Å². The average Bonchev–Trinajstić information content (AvgIpc) is 2.79. The van der Waals surface area contributed by atoms with E-state index in [9.17, 15) is 4.79 Å². The van der Waals surface area contributed by atoms with Gasteiger partial charge in [0.25, 0.3) is 5.91 Å². The molecular formula is C25H28N2O3. The van der Waals surface area contributed by atoms with Gasteiger partial charge in [0.05, 0.1) is 24.8 Å². The molecule has 0 aliphatic rings. The number of carbonyl (C=O) groups excluding carboxylic acids is 1. The Bertz CT molecular complexity index is 930. The van der Waals surface area contributed by atoms with Crippen LogP contribution in [-0.4, -0.2) is 24.1 Å². The highest BCUT2D eigenvalue weighted by molar-refractivity contribution is 5.94. The van der Waals surface area contributed by atoms with E-state index >= 15 is 0 Å². The first-order chi connectivity index (χ1) is 14.7. The minimum atomic E-state index is -0.173. The van der Waals surface area contributed by atoms with Crippen LogP contribution in [0.25, 0.3) is 0 Å². The molecule has 1 heterocycles. The lowest BCUT2D eigenvalue weighted by atomic mass is 9.98. The number of aryl methyl sites for hydroxylation is 1. The highest BCUT2D eigenvalue weighted by atomic mass is 16.5. The summed E-state index contributed by atoms with van der Waals surface area (Å²) in [6.07, 6.45) is 4.84. The first-order valence-electron chi connectivity index (χ1n) is 10.4. The minimum Gasteiger partial charge on any atom is -0.490 e. The SMILES string of the molecule is CCOc1ccc(C(CCc2ccccc2)NC(=O)c2cccnc2)cc1OCC. The van der Waals surface area contributed by atoms with E-state index in [1.807, 2.05) is 50.2 Å². The van der Waals surface area contributed by atoms with Gasteiger partial charge >= 0.3 is 0 Å². The molecule has 0 spiro atoms. The molecule has 3 aromatic rings. The van der Waals surface area contributed by atoms with E-state index in [-0.39, 0.29) is 11.9 Å². The van der Waals surface area contributed by atoms with E-state index in [1.165, 1.54) is 5.56 Å². The molecule has 156 valence electrons. The van der Waals surface area contributed by atoms with Crippen molar-refractivity contribution in [2.24, 2.45) is 0 Å². The summed E-state index contributed by atoms with van der Waals surface area (Å²) in [5.41, 5.74) is 2.75. The maximum absolute atomic E-state index is 12.8. The Morgan fingerprint density at radius 1 is 0.967 bits per heavy atom. The maximum atomic E-state index is 12.8. The predicted octanol–water partition coefficient (Wildman–Crippen LogP) is 4.98. The van der Waals surface area contributed by atoms with Gasteiger partial charge in [-0.3, -0.25) is 9.78 Å². The third kappa shape index (κ3) is 5.83. The van der Waals surface area contributed by atoms with Crippen molar-refractivity contribution < 1.29 is 14.3 Å². The van der Waals surface area contributed by atoms with Crippen LogP contribution in [0.4, 0.5) is 0 Å². The molecule has 1 amide bonds. The average molecular weight is 405 g/mol. The first-order valence-corrected chi connectivity index (χ1v) is 10.4. The molecule has 1 atom stereocenters. The molecule has 1 aromatic heterocycles. The van der Waals surface area contributed by atoms with E-state index in [4.69, 9.17) is 9.47 Å². The molecule has 1 unspecified atom stereocenters. The number of nitrogens with one attached hydrogen (secondary N) is 1. The van der Waals surface area contributed by atoms with Crippen molar-refractivity contribution in [1.82, 2.24) is 10.3 Å². The predicted molar refractivity (Wildman–Crippen MR) is 118 cm³/mol. The maximum Gasteiger partial charge on any atom is 0.253 e. The lowest BCUT2D eigenvalue weighted by Gasteiger charge is -2.21. The monoisotopic (exact) mass is 404 g/mol. The summed E-state index contributed by atoms with van der Waals surface area (Å²) in [5.74, 6) is 1.26. The van der Waals surface area contributed by atoms with Crippen LogP contribution >= 0.6 is 0 Å². The van der Waals surface area contributed by atoms with E-state index < -0.39 is 0 Å². The van der Waals surface area contributed by atoms with Crippen LogP contribution in [0.15, 0.2) is 73.1 Å². The van der Waals surface area contributed by atoms with E-state index in [1.54, 1.807) is 24.5 Å². The topological polar surface area (TPSA) is 60.5 Å². The summed E-state index contributed by atoms with van der Waals surface area (Å²) in [6, 6.07) is 19.5. The Kier molecular flexibility index (Phi) is 7.84. The van der Waals surface area contributed by atoms with Gasteiger partial charge in [0.1, 0.15) is 0 Å². The fraction of sp³-hybridized carbons (Fsp3) is 0.280. The van der Waals surface area contributed by atoms with Gasteiger partial charge in [0.15, 0.2) is 11.5 Å². The standard InChI is InChI=1S/C25H28N2O3/c1-3-29-23-15-13-20(17-24(23)30-4-2)22(14-12-19-9-6-5-7-10-19)27-25(28)21-11-8-16-26-18-21/h5-11,13,15-18,22H,3-4,12,14H2,1-2H3,(H,27,28). The molecular weight excluding hydrogens is 376 g/mol. The molecule has 0 aliphatic carbocycles. The fourth-order valence-electron chi connectivity index (χ4n) is 3.30. The molecule has 3 rings (SSSR count). The van der Waals surface area contributed by atoms with Crippen LogP contribution in [-0.2, 0) is 6.42 Å². The molecule has 0 radical (unpaired) electrons. The van der Waals surface area contributed by atoms with Gasteiger partial charge in [-0.05, 0) is 62.1 Å². The number of benzene rings is 2. The Labute approximate surface area is 178 Å². The summed E-state index contributed by atoms with van der Waals surface area (Å²) in [6.45, 7) is 4.99. The van der Waals surface area contributed by atoms with Crippen LogP contribution in [0.1, 0.15) is 47.8 Å². The zero-order chi connectivity index (χ0) is 21.2. The van der Waals surface area contributed by atoms with Gasteiger partial charge in [-0.2, -0.15) is 0 Å². The molecule has 5 nitrogen and oxygen atoms in total. The molecule has 0 saturated heterocycles. The smallest absolute Gasteiger partial charge is 0.253 e. The van der Waals surface area contributed by atoms with Crippen LogP contribution < -0.4 is 14.8 Å². The minimum absolute atomic E-state index is 0.145. The van der Waals surface area contributed by atoms with Crippen molar-refractivity contribution in [3.05, 3.63) is 89.7 Å². The summed E-state index contributed by atoms with van der Waals surface area (Å²) in [7, 11) is 0. The van der Waals surface area contributed by atoms with Gasteiger partial charge < -0.3 is 14.8 Å². The summed E-state index contributed by atoms with van der Waals surface area (Å²) < 4.78 is 11.5. The second kappa shape index (κ2) is 11.0. The normalized spacial score (nSPS) is 11.5. The fourth-order valence-corrected chi connectivity index (χ4v) is 3.30. The van der Waals surface area contributed by atoms with Gasteiger partial charge in [-0.1, -0.05) is 36.4 Å². The lowest BCUT2D eigenvalue weighted by Crippen LogP contribution is -2.29. The summed E-state index contributed by atoms with van der Waals surface area (Å²) >= 11 is 0. The quantitative estimate of drug-likeness (QED) is 0.518. The van der Waals surface area contributed by atoms with Crippen molar-refractivity contribution in [1.29, 1.82) is 0 Å². The number of amides is 1. The van der Waals surface area contributed by atoms with Gasteiger partial charge in [-0.25, -0.2) is 0 Å². The number of ether oxygens (including phenoxy) is 2. The molecule has 0 bridgehead atoms. The molecule has 0 aliphatic heterocycles. The summed E-state index contributed by atoms with van der Waals surface area (Å²) in [4.78, 5) is 16.9. The number of hydrogen-bond donors (Lipinski definition) is 1. The third-order valence-electron chi connectivity index (χ3n) is 4.76. The number of rotatable bonds is 10. The van der Waals surface area contributed by atoms with Crippen LogP contribution in [0, 0.1) is 0 Å². The Hall–Kier alpha value is -3.34. The first kappa shape index (κ1) is 21.4. The largest absolute Gasteiger partial charge is 0.490 e. The van der Waals surface area contributed by atoms with Crippen LogP contribution in [0.2, 0.25) is 0 Å². The number of hydrogen-bond acceptors (Lipinski definition) is 4. The van der Waals surface area contributed by atoms with E-state index in [0.717, 1.165) is 18.4 Å². The second-order valence-corrected chi connectivity index (χ2v) is 6.86. The summed E-state index contributed by atoms with van der Waals surface area (Å²) in [5, 5.41) is 3.17. The highest BCUT2D eigenvalue weighted by Crippen LogP contribution is 2.32. The molecule has 0 saturated carbocycles. The lowest BCUT2D eigenvalue weighted by molar-refractivity contribution is 0.0934. The number of pyridine rings is 1. The zero-order valence-electron chi connectivity index (χ0n) is 17.5. The van der Waals surface area contributed by atoms with Crippen molar-refractivity contribution in [3.8, 4) is 11.5 Å². The van der Waals surface area contributed by atoms with E-state index in [2.05, 4.69) is 22.4 Å². The van der Waals surface area contributed by atoms with Gasteiger partial charge in [-0.15, -0.1) is 0 Å². The van der Waals surface area contributed by atoms with Crippen molar-refractivity contribution in [2.75, 3.05) is 13.2 Å². The van der Waals surface area contributed by atoms with Crippen molar-refractivity contribution >= 4 is 5.91 Å². The molecule has 2 aromatic carbocycles. The van der Waals surface area contributed by atoms with Crippen LogP contribution in [0.3, 0.4) is 0 Å². The third-order valence-corrected chi connectivity index (χ3v) is 4.76. The Morgan fingerprint density at radius 2 is 1.73 bits per heavy atom. The zero-order valence-corrected chi connectivity index (χ0v) is 17.5. The van der Waals surface area contributed by atoms with E-state index in [0.29, 0.717) is 30.3 Å². The molecule has 1 N–H and O–H groups in total. The van der Waals surface area contributed by atoms with Crippen molar-refractivity contribution in [3.63, 3.8) is 0 Å². The van der Waals surface area contributed by atoms with Crippen LogP contribution in [0.5, 0.6) is 11.5 Å². The highest BCUT2D eigenvalue weighted by Gasteiger charge is 2.18. The van der Waals surface area contributed by atoms with Gasteiger partial charge in [0.2, 0.25) is 0 Å². The van der Waals surface area contributed by atoms with Gasteiger partial charge in [0, 0.05) is 12.4 Å².